The van der Waals surface area contributed by atoms with E-state index in [-0.39, 0.29) is 11.2 Å². The molecule has 1 aliphatic carbocycles. The van der Waals surface area contributed by atoms with Crippen molar-refractivity contribution in [2.75, 3.05) is 13.2 Å². The second-order valence-corrected chi connectivity index (χ2v) is 10.4. The van der Waals surface area contributed by atoms with E-state index in [9.17, 15) is 23.1 Å². The molecule has 1 unspecified atom stereocenters. The molecular formula is C28H43F3O4. The predicted octanol–water partition coefficient (Wildman–Crippen LogP) is 7.34. The fourth-order valence-electron chi connectivity index (χ4n) is 4.91. The first-order chi connectivity index (χ1) is 16.5. The maximum absolute atomic E-state index is 12.2. The summed E-state index contributed by atoms with van der Waals surface area (Å²) in [6.07, 6.45) is 8.26. The minimum absolute atomic E-state index is 0.140. The van der Waals surface area contributed by atoms with Gasteiger partial charge in [-0.3, -0.25) is 4.79 Å². The molecule has 7 heteroatoms. The molecule has 1 heterocycles. The van der Waals surface area contributed by atoms with Crippen LogP contribution in [0.5, 0.6) is 5.75 Å². The van der Waals surface area contributed by atoms with Crippen LogP contribution in [0.4, 0.5) is 13.2 Å². The molecular weight excluding hydrogens is 457 g/mol. The van der Waals surface area contributed by atoms with Gasteiger partial charge < -0.3 is 14.6 Å². The maximum atomic E-state index is 12.2. The van der Waals surface area contributed by atoms with E-state index < -0.39 is 18.4 Å². The third kappa shape index (κ3) is 10.5. The van der Waals surface area contributed by atoms with Gasteiger partial charge in [0.2, 0.25) is 0 Å². The Kier molecular flexibility index (Phi) is 11.5. The first kappa shape index (κ1) is 29.6. The van der Waals surface area contributed by atoms with Crippen LogP contribution in [0.1, 0.15) is 96.5 Å². The molecule has 0 spiro atoms. The smallest absolute Gasteiger partial charge is 0.422 e. The molecule has 0 bridgehead atoms. The fraction of sp³-hybridized carbons (Fsp3) is 0.750. The monoisotopic (exact) mass is 500 g/mol. The van der Waals surface area contributed by atoms with Crippen molar-refractivity contribution in [3.05, 3.63) is 29.8 Å². The number of Topliss-reactive ketones (excluding diaryl/α,β-unsaturated/α-hetero) is 1. The Hall–Kier alpha value is -1.60. The van der Waals surface area contributed by atoms with E-state index in [0.717, 1.165) is 70.0 Å². The van der Waals surface area contributed by atoms with Gasteiger partial charge in [-0.05, 0) is 83.8 Å². The van der Waals surface area contributed by atoms with Crippen molar-refractivity contribution in [3.63, 3.8) is 0 Å². The lowest BCUT2D eigenvalue weighted by molar-refractivity contribution is -0.153. The molecule has 3 rings (SSSR count). The standard InChI is InChI=1S/C19H34O3.C9H9F3O/c1-3-4-5-9-18(16(2)20)11-13-19(21,14-12-18)10-6-7-17-8-15-22-17;1-7-2-4-8(5-3-7)13-6-9(10,11)12/h17,21H,3-15H2,1-2H3;2-5H,6H2,1H3. The third-order valence-electron chi connectivity index (χ3n) is 7.53. The summed E-state index contributed by atoms with van der Waals surface area (Å²) in [6.45, 7) is 5.48. The normalized spacial score (nSPS) is 26.3. The Morgan fingerprint density at radius 2 is 1.71 bits per heavy atom. The Bertz CT molecular complexity index is 748. The summed E-state index contributed by atoms with van der Waals surface area (Å²) >= 11 is 0. The Labute approximate surface area is 208 Å². The summed E-state index contributed by atoms with van der Waals surface area (Å²) in [6, 6.07) is 6.43. The van der Waals surface area contributed by atoms with Crippen LogP contribution in [0, 0.1) is 12.3 Å². The number of carbonyl (C=O) groups is 1. The summed E-state index contributed by atoms with van der Waals surface area (Å²) in [7, 11) is 0. The minimum Gasteiger partial charge on any atom is -0.484 e. The van der Waals surface area contributed by atoms with Gasteiger partial charge in [0, 0.05) is 12.0 Å². The highest BCUT2D eigenvalue weighted by atomic mass is 19.4. The molecule has 1 atom stereocenters. The first-order valence-corrected chi connectivity index (χ1v) is 13.1. The van der Waals surface area contributed by atoms with Crippen LogP contribution in [0.2, 0.25) is 0 Å². The molecule has 200 valence electrons. The van der Waals surface area contributed by atoms with Crippen molar-refractivity contribution >= 4 is 5.78 Å². The van der Waals surface area contributed by atoms with E-state index in [1.807, 2.05) is 6.92 Å². The SMILES string of the molecule is CCCCCC1(C(C)=O)CCC(O)(CCCC2CCO2)CC1.Cc1ccc(OCC(F)(F)F)cc1. The van der Waals surface area contributed by atoms with E-state index in [4.69, 9.17) is 4.74 Å². The average molecular weight is 501 g/mol. The number of aryl methyl sites for hydroxylation is 1. The van der Waals surface area contributed by atoms with Gasteiger partial charge in [0.05, 0.1) is 11.7 Å². The van der Waals surface area contributed by atoms with Crippen molar-refractivity contribution in [1.82, 2.24) is 0 Å². The number of alkyl halides is 3. The quantitative estimate of drug-likeness (QED) is 0.323. The molecule has 1 aromatic rings. The number of hydrogen-bond donors (Lipinski definition) is 1. The molecule has 2 fully saturated rings. The average Bonchev–Trinajstić information content (AvgIpc) is 2.77. The molecule has 0 amide bonds. The Balaban J connectivity index is 0.000000283. The van der Waals surface area contributed by atoms with Crippen LogP contribution in [0.3, 0.4) is 0 Å². The topological polar surface area (TPSA) is 55.8 Å². The number of rotatable bonds is 11. The molecule has 1 N–H and O–H groups in total. The zero-order valence-corrected chi connectivity index (χ0v) is 21.6. The van der Waals surface area contributed by atoms with E-state index in [1.165, 1.54) is 31.4 Å². The second-order valence-electron chi connectivity index (χ2n) is 10.4. The van der Waals surface area contributed by atoms with Crippen LogP contribution in [-0.4, -0.2) is 42.0 Å². The second kappa shape index (κ2) is 13.6. The highest BCUT2D eigenvalue weighted by Gasteiger charge is 2.43. The molecule has 1 saturated heterocycles. The number of halogens is 3. The lowest BCUT2D eigenvalue weighted by Gasteiger charge is -2.43. The molecule has 0 aromatic heterocycles. The maximum Gasteiger partial charge on any atom is 0.422 e. The molecule has 4 nitrogen and oxygen atoms in total. The zero-order valence-electron chi connectivity index (χ0n) is 21.6. The molecule has 1 aliphatic heterocycles. The van der Waals surface area contributed by atoms with Crippen LogP contribution in [0.15, 0.2) is 24.3 Å². The van der Waals surface area contributed by atoms with Crippen LogP contribution in [-0.2, 0) is 9.53 Å². The van der Waals surface area contributed by atoms with Crippen molar-refractivity contribution in [2.24, 2.45) is 5.41 Å². The molecule has 2 aliphatic rings. The van der Waals surface area contributed by atoms with Crippen molar-refractivity contribution in [2.45, 2.75) is 116 Å². The minimum atomic E-state index is -4.27. The van der Waals surface area contributed by atoms with E-state index in [0.29, 0.717) is 11.9 Å². The van der Waals surface area contributed by atoms with Crippen LogP contribution in [0.25, 0.3) is 0 Å². The van der Waals surface area contributed by atoms with Crippen LogP contribution < -0.4 is 4.74 Å². The summed E-state index contributed by atoms with van der Waals surface area (Å²) in [4.78, 5) is 12.2. The van der Waals surface area contributed by atoms with Gasteiger partial charge in [-0.25, -0.2) is 0 Å². The largest absolute Gasteiger partial charge is 0.484 e. The van der Waals surface area contributed by atoms with Gasteiger partial charge in [-0.15, -0.1) is 0 Å². The van der Waals surface area contributed by atoms with E-state index in [2.05, 4.69) is 11.7 Å². The Morgan fingerprint density at radius 3 is 2.20 bits per heavy atom. The summed E-state index contributed by atoms with van der Waals surface area (Å²) in [5, 5.41) is 10.8. The predicted molar refractivity (Wildman–Crippen MR) is 132 cm³/mol. The number of ketones is 1. The zero-order chi connectivity index (χ0) is 26.0. The van der Waals surface area contributed by atoms with E-state index in [1.54, 1.807) is 19.1 Å². The number of carbonyl (C=O) groups excluding carboxylic acids is 1. The summed E-state index contributed by atoms with van der Waals surface area (Å²) in [5.41, 5.74) is 0.311. The fourth-order valence-corrected chi connectivity index (χ4v) is 4.91. The molecule has 1 aromatic carbocycles. The third-order valence-corrected chi connectivity index (χ3v) is 7.53. The van der Waals surface area contributed by atoms with Gasteiger partial charge in [0.25, 0.3) is 0 Å². The lowest BCUT2D eigenvalue weighted by Crippen LogP contribution is -2.42. The van der Waals surface area contributed by atoms with Crippen LogP contribution >= 0.6 is 0 Å². The number of aliphatic hydroxyl groups is 1. The number of unbranched alkanes of at least 4 members (excludes halogenated alkanes) is 2. The van der Waals surface area contributed by atoms with Gasteiger partial charge in [0.15, 0.2) is 6.61 Å². The lowest BCUT2D eigenvalue weighted by atomic mass is 9.63. The molecule has 0 radical (unpaired) electrons. The molecule has 1 saturated carbocycles. The first-order valence-electron chi connectivity index (χ1n) is 13.1. The highest BCUT2D eigenvalue weighted by Crippen LogP contribution is 2.46. The van der Waals surface area contributed by atoms with Crippen molar-refractivity contribution < 1.29 is 32.5 Å². The number of hydrogen-bond acceptors (Lipinski definition) is 4. The summed E-state index contributed by atoms with van der Waals surface area (Å²) < 4.78 is 45.0. The van der Waals surface area contributed by atoms with Crippen molar-refractivity contribution in [1.29, 1.82) is 0 Å². The Morgan fingerprint density at radius 1 is 1.09 bits per heavy atom. The number of benzene rings is 1. The van der Waals surface area contributed by atoms with E-state index >= 15 is 0 Å². The number of ether oxygens (including phenoxy) is 2. The van der Waals surface area contributed by atoms with Gasteiger partial charge in [-0.1, -0.05) is 43.9 Å². The molecule has 35 heavy (non-hydrogen) atoms. The van der Waals surface area contributed by atoms with Gasteiger partial charge in [-0.2, -0.15) is 13.2 Å². The van der Waals surface area contributed by atoms with Gasteiger partial charge in [0.1, 0.15) is 11.5 Å². The highest BCUT2D eigenvalue weighted by molar-refractivity contribution is 5.82. The summed E-state index contributed by atoms with van der Waals surface area (Å²) in [5.74, 6) is 0.580. The van der Waals surface area contributed by atoms with Gasteiger partial charge >= 0.3 is 6.18 Å². The van der Waals surface area contributed by atoms with Crippen molar-refractivity contribution in [3.8, 4) is 5.75 Å².